The van der Waals surface area contributed by atoms with Gasteiger partial charge in [-0.05, 0) is 54.9 Å². The highest BCUT2D eigenvalue weighted by Gasteiger charge is 2.39. The number of nitrogens with one attached hydrogen (secondary N) is 1. The third kappa shape index (κ3) is 2.57. The summed E-state index contributed by atoms with van der Waals surface area (Å²) >= 11 is 9.28. The second kappa shape index (κ2) is 5.45. The minimum absolute atomic E-state index is 0.203. The Kier molecular flexibility index (Phi) is 4.32. The summed E-state index contributed by atoms with van der Waals surface area (Å²) in [5, 5.41) is 3.66. The van der Waals surface area contributed by atoms with Gasteiger partial charge in [0, 0.05) is 16.6 Å². The average molecular weight is 337 g/mol. The Labute approximate surface area is 120 Å². The molecule has 0 amide bonds. The van der Waals surface area contributed by atoms with Crippen molar-refractivity contribution in [1.29, 1.82) is 0 Å². The van der Waals surface area contributed by atoms with Gasteiger partial charge in [-0.1, -0.05) is 11.6 Å². The molecule has 0 saturated carbocycles. The van der Waals surface area contributed by atoms with Gasteiger partial charge in [-0.25, -0.2) is 4.39 Å². The molecule has 18 heavy (non-hydrogen) atoms. The first-order chi connectivity index (χ1) is 8.48. The monoisotopic (exact) mass is 335 g/mol. The number of ether oxygens (including phenoxy) is 1. The van der Waals surface area contributed by atoms with Crippen molar-refractivity contribution in [3.05, 3.63) is 33.0 Å². The van der Waals surface area contributed by atoms with Crippen LogP contribution in [0.1, 0.15) is 31.4 Å². The molecule has 1 N–H and O–H groups in total. The van der Waals surface area contributed by atoms with Crippen molar-refractivity contribution in [2.24, 2.45) is 0 Å². The quantitative estimate of drug-likeness (QED) is 0.840. The van der Waals surface area contributed by atoms with E-state index in [0.717, 1.165) is 19.4 Å². The largest absolute Gasteiger partial charge is 0.373 e. The van der Waals surface area contributed by atoms with Gasteiger partial charge in [-0.15, -0.1) is 0 Å². The fourth-order valence-electron chi connectivity index (χ4n) is 2.58. The Morgan fingerprint density at radius 2 is 2.28 bits per heavy atom. The number of hydrogen-bond acceptors (Lipinski definition) is 2. The van der Waals surface area contributed by atoms with Crippen LogP contribution in [-0.2, 0) is 4.74 Å². The molecule has 1 aromatic rings. The third-order valence-corrected chi connectivity index (χ3v) is 4.70. The van der Waals surface area contributed by atoms with Crippen LogP contribution in [0.3, 0.4) is 0 Å². The van der Waals surface area contributed by atoms with Gasteiger partial charge in [-0.3, -0.25) is 0 Å². The van der Waals surface area contributed by atoms with Crippen LogP contribution in [0.2, 0.25) is 5.02 Å². The van der Waals surface area contributed by atoms with Crippen LogP contribution in [0.5, 0.6) is 0 Å². The molecule has 2 unspecified atom stereocenters. The van der Waals surface area contributed by atoms with E-state index in [2.05, 4.69) is 21.2 Å². The smallest absolute Gasteiger partial charge is 0.129 e. The molecule has 5 heteroatoms. The highest BCUT2D eigenvalue weighted by Crippen LogP contribution is 2.39. The van der Waals surface area contributed by atoms with Crippen LogP contribution < -0.4 is 5.32 Å². The van der Waals surface area contributed by atoms with E-state index in [4.69, 9.17) is 16.3 Å². The maximum atomic E-state index is 14.1. The van der Waals surface area contributed by atoms with E-state index in [9.17, 15) is 4.39 Å². The van der Waals surface area contributed by atoms with Gasteiger partial charge in [0.25, 0.3) is 0 Å². The SMILES string of the molecule is CNC(c1cc(Cl)c(Br)cc1F)C1(C)CCCO1. The number of halogens is 3. The maximum absolute atomic E-state index is 14.1. The number of hydrogen-bond donors (Lipinski definition) is 1. The summed E-state index contributed by atoms with van der Waals surface area (Å²) in [7, 11) is 1.81. The van der Waals surface area contributed by atoms with E-state index in [-0.39, 0.29) is 17.5 Å². The molecule has 0 aliphatic carbocycles. The Balaban J connectivity index is 2.41. The number of benzene rings is 1. The summed E-state index contributed by atoms with van der Waals surface area (Å²) in [6.45, 7) is 2.73. The minimum Gasteiger partial charge on any atom is -0.373 e. The molecule has 1 fully saturated rings. The van der Waals surface area contributed by atoms with Crippen LogP contribution in [0.15, 0.2) is 16.6 Å². The predicted octanol–water partition coefficient (Wildman–Crippen LogP) is 4.07. The standard InChI is InChI=1S/C13H16BrClFNO/c1-13(4-3-5-18-13)12(17-2)8-6-10(15)9(14)7-11(8)16/h6-7,12,17H,3-5H2,1-2H3. The fraction of sp³-hybridized carbons (Fsp3) is 0.538. The van der Waals surface area contributed by atoms with Crippen molar-refractivity contribution >= 4 is 27.5 Å². The molecule has 100 valence electrons. The molecule has 1 aromatic carbocycles. The Bertz CT molecular complexity index is 449. The molecular weight excluding hydrogens is 321 g/mol. The lowest BCUT2D eigenvalue weighted by molar-refractivity contribution is -0.0113. The number of rotatable bonds is 3. The molecule has 0 aromatic heterocycles. The molecule has 0 bridgehead atoms. The van der Waals surface area contributed by atoms with Crippen LogP contribution in [0.25, 0.3) is 0 Å². The Hall–Kier alpha value is -0.160. The lowest BCUT2D eigenvalue weighted by Gasteiger charge is -2.33. The Morgan fingerprint density at radius 3 is 2.83 bits per heavy atom. The topological polar surface area (TPSA) is 21.3 Å². The van der Waals surface area contributed by atoms with Gasteiger partial charge in [0.2, 0.25) is 0 Å². The summed E-state index contributed by atoms with van der Waals surface area (Å²) in [6, 6.07) is 2.86. The Morgan fingerprint density at radius 1 is 1.56 bits per heavy atom. The summed E-state index contributed by atoms with van der Waals surface area (Å²) in [5.74, 6) is -0.276. The van der Waals surface area contributed by atoms with E-state index < -0.39 is 0 Å². The van der Waals surface area contributed by atoms with E-state index in [1.165, 1.54) is 6.07 Å². The van der Waals surface area contributed by atoms with Crippen LogP contribution in [0.4, 0.5) is 4.39 Å². The lowest BCUT2D eigenvalue weighted by atomic mass is 9.87. The van der Waals surface area contributed by atoms with Crippen molar-refractivity contribution in [2.75, 3.05) is 13.7 Å². The van der Waals surface area contributed by atoms with E-state index in [0.29, 0.717) is 15.1 Å². The predicted molar refractivity (Wildman–Crippen MR) is 74.5 cm³/mol. The van der Waals surface area contributed by atoms with E-state index >= 15 is 0 Å². The van der Waals surface area contributed by atoms with Crippen molar-refractivity contribution in [3.63, 3.8) is 0 Å². The van der Waals surface area contributed by atoms with Crippen molar-refractivity contribution < 1.29 is 9.13 Å². The number of likely N-dealkylation sites (N-methyl/N-ethyl adjacent to an activating group) is 1. The zero-order valence-electron chi connectivity index (χ0n) is 10.4. The first-order valence-corrected chi connectivity index (χ1v) is 7.10. The summed E-state index contributed by atoms with van der Waals surface area (Å²) in [4.78, 5) is 0. The second-order valence-electron chi connectivity index (χ2n) is 4.77. The first kappa shape index (κ1) is 14.3. The highest BCUT2D eigenvalue weighted by molar-refractivity contribution is 9.10. The van der Waals surface area contributed by atoms with Crippen molar-refractivity contribution in [1.82, 2.24) is 5.32 Å². The van der Waals surface area contributed by atoms with Crippen molar-refractivity contribution in [2.45, 2.75) is 31.4 Å². The van der Waals surface area contributed by atoms with Crippen LogP contribution in [-0.4, -0.2) is 19.3 Å². The fourth-order valence-corrected chi connectivity index (χ4v) is 3.06. The molecule has 2 rings (SSSR count). The minimum atomic E-state index is -0.382. The summed E-state index contributed by atoms with van der Waals surface area (Å²) < 4.78 is 20.5. The summed E-state index contributed by atoms with van der Waals surface area (Å²) in [6.07, 6.45) is 1.91. The van der Waals surface area contributed by atoms with Gasteiger partial charge in [0.05, 0.1) is 16.7 Å². The normalized spacial score (nSPS) is 25.4. The molecular formula is C13H16BrClFNO. The maximum Gasteiger partial charge on any atom is 0.129 e. The van der Waals surface area contributed by atoms with Crippen LogP contribution in [0, 0.1) is 5.82 Å². The van der Waals surface area contributed by atoms with Crippen LogP contribution >= 0.6 is 27.5 Å². The van der Waals surface area contributed by atoms with Gasteiger partial charge >= 0.3 is 0 Å². The van der Waals surface area contributed by atoms with Gasteiger partial charge < -0.3 is 10.1 Å². The van der Waals surface area contributed by atoms with E-state index in [1.807, 2.05) is 14.0 Å². The second-order valence-corrected chi connectivity index (χ2v) is 6.04. The molecule has 1 saturated heterocycles. The average Bonchev–Trinajstić information content (AvgIpc) is 2.74. The molecule has 1 heterocycles. The van der Waals surface area contributed by atoms with Gasteiger partial charge in [0.1, 0.15) is 5.82 Å². The molecule has 1 aliphatic rings. The molecule has 2 nitrogen and oxygen atoms in total. The molecule has 0 spiro atoms. The van der Waals surface area contributed by atoms with Crippen molar-refractivity contribution in [3.8, 4) is 0 Å². The zero-order chi connectivity index (χ0) is 13.3. The van der Waals surface area contributed by atoms with Gasteiger partial charge in [-0.2, -0.15) is 0 Å². The highest BCUT2D eigenvalue weighted by atomic mass is 79.9. The van der Waals surface area contributed by atoms with E-state index in [1.54, 1.807) is 6.07 Å². The molecule has 0 radical (unpaired) electrons. The first-order valence-electron chi connectivity index (χ1n) is 5.93. The summed E-state index contributed by atoms with van der Waals surface area (Å²) in [5.41, 5.74) is 0.169. The van der Waals surface area contributed by atoms with Gasteiger partial charge in [0.15, 0.2) is 0 Å². The third-order valence-electron chi connectivity index (χ3n) is 3.50. The lowest BCUT2D eigenvalue weighted by Crippen LogP contribution is -2.40. The zero-order valence-corrected chi connectivity index (χ0v) is 12.7. The molecule has 1 aliphatic heterocycles. The molecule has 2 atom stereocenters.